The number of benzene rings is 2. The van der Waals surface area contributed by atoms with Crippen LogP contribution in [-0.2, 0) is 20.1 Å². The second kappa shape index (κ2) is 13.9. The molecule has 0 saturated carbocycles. The monoisotopic (exact) mass is 657 g/mol. The van der Waals surface area contributed by atoms with Crippen molar-refractivity contribution in [2.45, 2.75) is 52.3 Å². The first-order valence-electron chi connectivity index (χ1n) is 17.1. The second-order valence-corrected chi connectivity index (χ2v) is 13.4. The van der Waals surface area contributed by atoms with Gasteiger partial charge in [0, 0.05) is 68.6 Å². The zero-order valence-electron chi connectivity index (χ0n) is 28.4. The molecule has 49 heavy (non-hydrogen) atoms. The van der Waals surface area contributed by atoms with Crippen molar-refractivity contribution in [1.29, 1.82) is 0 Å². The molecule has 2 aliphatic rings. The van der Waals surface area contributed by atoms with Crippen molar-refractivity contribution >= 4 is 34.0 Å². The number of aliphatic hydroxyl groups is 1. The molecule has 10 nitrogen and oxygen atoms in total. The smallest absolute Gasteiger partial charge is 0.263 e. The number of carbonyl (C=O) groups excluding carboxylic acids is 1. The Morgan fingerprint density at radius 1 is 0.898 bits per heavy atom. The van der Waals surface area contributed by atoms with Crippen molar-refractivity contribution in [3.63, 3.8) is 0 Å². The lowest BCUT2D eigenvalue weighted by atomic mass is 9.94. The molecule has 2 aliphatic heterocycles. The lowest BCUT2D eigenvalue weighted by molar-refractivity contribution is 0.102. The van der Waals surface area contributed by atoms with E-state index in [1.807, 2.05) is 55.7 Å². The summed E-state index contributed by atoms with van der Waals surface area (Å²) in [5.74, 6) is 0.252. The quantitative estimate of drug-likeness (QED) is 0.183. The van der Waals surface area contributed by atoms with Crippen LogP contribution in [0.3, 0.4) is 0 Å². The Morgan fingerprint density at radius 3 is 2.35 bits per heavy atom. The molecule has 0 spiro atoms. The lowest BCUT2D eigenvalue weighted by Crippen LogP contribution is -2.29. The first-order chi connectivity index (χ1) is 23.7. The molecule has 5 heterocycles. The van der Waals surface area contributed by atoms with Crippen molar-refractivity contribution in [2.75, 3.05) is 36.8 Å². The summed E-state index contributed by atoms with van der Waals surface area (Å²) in [6.45, 7) is 9.19. The number of hydrogen-bond donors (Lipinski definition) is 3. The molecule has 0 bridgehead atoms. The molecule has 1 amide bonds. The van der Waals surface area contributed by atoms with E-state index in [1.54, 1.807) is 19.3 Å². The van der Waals surface area contributed by atoms with Crippen LogP contribution in [0.5, 0.6) is 0 Å². The number of anilines is 3. The summed E-state index contributed by atoms with van der Waals surface area (Å²) in [7, 11) is 1.66. The van der Waals surface area contributed by atoms with Crippen molar-refractivity contribution in [3.05, 3.63) is 111 Å². The summed E-state index contributed by atoms with van der Waals surface area (Å²) in [6, 6.07) is 17.8. The Balaban J connectivity index is 1.12. The summed E-state index contributed by atoms with van der Waals surface area (Å²) >= 11 is 0. The van der Waals surface area contributed by atoms with E-state index in [4.69, 9.17) is 4.98 Å². The van der Waals surface area contributed by atoms with Gasteiger partial charge in [0.1, 0.15) is 11.1 Å². The number of carbonyl (C=O) groups is 1. The fourth-order valence-corrected chi connectivity index (χ4v) is 7.17. The minimum absolute atomic E-state index is 0.0892. The minimum Gasteiger partial charge on any atom is -0.392 e. The number of rotatable bonds is 9. The highest BCUT2D eigenvalue weighted by molar-refractivity contribution is 6.05. The van der Waals surface area contributed by atoms with Gasteiger partial charge in [0.05, 0.1) is 6.10 Å². The van der Waals surface area contributed by atoms with Gasteiger partial charge in [-0.1, -0.05) is 24.3 Å². The van der Waals surface area contributed by atoms with E-state index in [0.717, 1.165) is 77.0 Å². The molecular formula is C39H43N7O3. The van der Waals surface area contributed by atoms with Crippen LogP contribution in [0.25, 0.3) is 22.0 Å². The summed E-state index contributed by atoms with van der Waals surface area (Å²) in [5.41, 5.74) is 8.10. The number of hydrogen-bond acceptors (Lipinski definition) is 8. The number of aromatic nitrogens is 3. The van der Waals surface area contributed by atoms with E-state index in [0.29, 0.717) is 24.6 Å². The molecule has 2 fully saturated rings. The zero-order chi connectivity index (χ0) is 34.1. The van der Waals surface area contributed by atoms with E-state index in [-0.39, 0.29) is 17.2 Å². The predicted molar refractivity (Wildman–Crippen MR) is 194 cm³/mol. The number of aryl methyl sites for hydroxylation is 1. The van der Waals surface area contributed by atoms with Crippen LogP contribution in [0.1, 0.15) is 51.9 Å². The fourth-order valence-electron chi connectivity index (χ4n) is 7.17. The van der Waals surface area contributed by atoms with Gasteiger partial charge in [0.2, 0.25) is 0 Å². The summed E-state index contributed by atoms with van der Waals surface area (Å²) < 4.78 is 1.45. The van der Waals surface area contributed by atoms with Crippen LogP contribution in [-0.4, -0.2) is 67.6 Å². The molecule has 0 aliphatic carbocycles. The molecule has 10 heteroatoms. The Kier molecular flexibility index (Phi) is 9.27. The molecule has 2 saturated heterocycles. The number of aliphatic hydroxyl groups excluding tert-OH is 1. The third-order valence-electron chi connectivity index (χ3n) is 9.86. The van der Waals surface area contributed by atoms with Gasteiger partial charge in [0.25, 0.3) is 11.5 Å². The fraction of sp³-hybridized carbons (Fsp3) is 0.333. The molecule has 3 N–H and O–H groups in total. The molecule has 0 unspecified atom stereocenters. The van der Waals surface area contributed by atoms with E-state index in [9.17, 15) is 14.7 Å². The second-order valence-electron chi connectivity index (χ2n) is 13.4. The average Bonchev–Trinajstić information content (AvgIpc) is 3.76. The number of β-amino-alcohol motifs (C(OH)–C–C–N with tert-alkyl or cyclic N) is 1. The van der Waals surface area contributed by atoms with Crippen LogP contribution in [0.15, 0.2) is 78.0 Å². The largest absolute Gasteiger partial charge is 0.392 e. The van der Waals surface area contributed by atoms with E-state index >= 15 is 0 Å². The van der Waals surface area contributed by atoms with Gasteiger partial charge >= 0.3 is 0 Å². The number of likely N-dealkylation sites (tertiary alicyclic amines) is 2. The van der Waals surface area contributed by atoms with Crippen molar-refractivity contribution in [3.8, 4) is 11.1 Å². The molecule has 7 rings (SSSR count). The third kappa shape index (κ3) is 6.98. The van der Waals surface area contributed by atoms with Gasteiger partial charge in [-0.15, -0.1) is 0 Å². The maximum absolute atomic E-state index is 13.6. The highest BCUT2D eigenvalue weighted by Gasteiger charge is 2.22. The summed E-state index contributed by atoms with van der Waals surface area (Å²) in [5, 5.41) is 17.5. The zero-order valence-corrected chi connectivity index (χ0v) is 28.4. The SMILES string of the molecule is Cc1c(NC(=O)c2cc(CN3CC[C@@H](O)C3)cn(C)c2=O)cccc1-c1cccc(Nc2nccc3cc(CN4CCCC4)cnc23)c1C. The van der Waals surface area contributed by atoms with Crippen molar-refractivity contribution in [2.24, 2.45) is 7.05 Å². The average molecular weight is 658 g/mol. The molecule has 0 radical (unpaired) electrons. The molecular weight excluding hydrogens is 614 g/mol. The van der Waals surface area contributed by atoms with Crippen LogP contribution < -0.4 is 16.2 Å². The summed E-state index contributed by atoms with van der Waals surface area (Å²) in [6.07, 6.45) is 8.46. The third-order valence-corrected chi connectivity index (χ3v) is 9.86. The standard InChI is InChI=1S/C39H43N7O3/c1-25-31(8-6-10-34(25)42-37-36-29(12-14-40-37)18-27(20-41-36)22-45-15-4-5-16-45)32-9-7-11-35(26(32)2)43-38(48)33-19-28(21-44(3)39(33)49)23-46-17-13-30(47)24-46/h6-12,14,18-21,30,47H,4-5,13,15-17,22-24H2,1-3H3,(H,40,42)(H,43,48)/t30-/m1/s1. The highest BCUT2D eigenvalue weighted by atomic mass is 16.3. The molecule has 2 aromatic carbocycles. The minimum atomic E-state index is -0.450. The van der Waals surface area contributed by atoms with Crippen molar-refractivity contribution < 1.29 is 9.90 Å². The number of nitrogens with one attached hydrogen (secondary N) is 2. The van der Waals surface area contributed by atoms with Crippen molar-refractivity contribution in [1.82, 2.24) is 24.3 Å². The van der Waals surface area contributed by atoms with E-state index in [1.165, 1.54) is 23.0 Å². The van der Waals surface area contributed by atoms with Gasteiger partial charge < -0.3 is 20.3 Å². The molecule has 1 atom stereocenters. The van der Waals surface area contributed by atoms with Crippen LogP contribution in [0.4, 0.5) is 17.2 Å². The van der Waals surface area contributed by atoms with E-state index < -0.39 is 5.91 Å². The Bertz CT molecular complexity index is 2090. The first-order valence-corrected chi connectivity index (χ1v) is 17.1. The Hall–Kier alpha value is -4.90. The number of nitrogens with zero attached hydrogens (tertiary/aromatic N) is 5. The van der Waals surface area contributed by atoms with Gasteiger partial charge in [-0.05, 0) is 110 Å². The van der Waals surface area contributed by atoms with Gasteiger partial charge in [-0.2, -0.15) is 0 Å². The lowest BCUT2D eigenvalue weighted by Gasteiger charge is -2.18. The maximum atomic E-state index is 13.6. The Labute approximate surface area is 286 Å². The van der Waals surface area contributed by atoms with Crippen LogP contribution in [0.2, 0.25) is 0 Å². The Morgan fingerprint density at radius 2 is 1.61 bits per heavy atom. The van der Waals surface area contributed by atoms with Gasteiger partial charge in [-0.3, -0.25) is 24.4 Å². The highest BCUT2D eigenvalue weighted by Crippen LogP contribution is 2.35. The van der Waals surface area contributed by atoms with E-state index in [2.05, 4.69) is 44.5 Å². The van der Waals surface area contributed by atoms with Gasteiger partial charge in [-0.25, -0.2) is 4.98 Å². The normalized spacial score (nSPS) is 16.8. The van der Waals surface area contributed by atoms with Gasteiger partial charge in [0.15, 0.2) is 5.82 Å². The van der Waals surface area contributed by atoms with Crippen LogP contribution in [0, 0.1) is 13.8 Å². The van der Waals surface area contributed by atoms with Crippen LogP contribution >= 0.6 is 0 Å². The predicted octanol–water partition coefficient (Wildman–Crippen LogP) is 5.77. The number of amides is 1. The maximum Gasteiger partial charge on any atom is 0.263 e. The molecule has 252 valence electrons. The topological polar surface area (TPSA) is 116 Å². The summed E-state index contributed by atoms with van der Waals surface area (Å²) in [4.78, 5) is 40.7. The molecule has 3 aromatic heterocycles. The number of fused-ring (bicyclic) bond motifs is 1. The first kappa shape index (κ1) is 32.6. The molecule has 5 aromatic rings. The number of pyridine rings is 3.